The maximum atomic E-state index is 12.9. The molecular weight excluding hydrogens is 471 g/mol. The summed E-state index contributed by atoms with van der Waals surface area (Å²) >= 11 is 19.0. The number of thioether (sulfide) groups is 1. The molecule has 1 saturated heterocycles. The van der Waals surface area contributed by atoms with Crippen LogP contribution in [0.5, 0.6) is 5.75 Å². The fraction of sp³-hybridized carbons (Fsp3) is 0.174. The number of halogens is 2. The molecule has 4 rings (SSSR count). The molecule has 158 valence electrons. The van der Waals surface area contributed by atoms with Crippen LogP contribution in [0, 0.1) is 0 Å². The number of nitrogens with zero attached hydrogens (tertiary/aromatic N) is 2. The summed E-state index contributed by atoms with van der Waals surface area (Å²) < 4.78 is 6.43. The summed E-state index contributed by atoms with van der Waals surface area (Å²) in [6.45, 7) is 0.804. The highest BCUT2D eigenvalue weighted by Gasteiger charge is 2.36. The lowest BCUT2D eigenvalue weighted by atomic mass is 10.1. The van der Waals surface area contributed by atoms with Crippen LogP contribution in [-0.4, -0.2) is 25.4 Å². The van der Waals surface area contributed by atoms with Crippen molar-refractivity contribution >= 4 is 57.4 Å². The van der Waals surface area contributed by atoms with Gasteiger partial charge in [0.15, 0.2) is 0 Å². The minimum Gasteiger partial charge on any atom is -0.489 e. The van der Waals surface area contributed by atoms with Gasteiger partial charge in [-0.15, -0.1) is 0 Å². The third kappa shape index (κ3) is 5.57. The van der Waals surface area contributed by atoms with Crippen molar-refractivity contribution in [3.63, 3.8) is 0 Å². The smallest absolute Gasteiger partial charge is 0.242 e. The van der Waals surface area contributed by atoms with Crippen LogP contribution in [0.15, 0.2) is 67.0 Å². The molecule has 1 amide bonds. The van der Waals surface area contributed by atoms with Crippen molar-refractivity contribution < 1.29 is 9.53 Å². The summed E-state index contributed by atoms with van der Waals surface area (Å²) in [6, 6.07) is 16.9. The largest absolute Gasteiger partial charge is 0.489 e. The van der Waals surface area contributed by atoms with Crippen molar-refractivity contribution in [2.24, 2.45) is 0 Å². The molecule has 2 aromatic carbocycles. The molecule has 1 aliphatic heterocycles. The fourth-order valence-corrected chi connectivity index (χ4v) is 5.18. The number of benzene rings is 2. The molecule has 1 atom stereocenters. The maximum Gasteiger partial charge on any atom is 0.242 e. The normalized spacial score (nSPS) is 16.1. The summed E-state index contributed by atoms with van der Waals surface area (Å²) in [5, 5.41) is 0.951. The molecule has 4 nitrogen and oxygen atoms in total. The van der Waals surface area contributed by atoms with Gasteiger partial charge in [-0.25, -0.2) is 0 Å². The first-order chi connectivity index (χ1) is 15.0. The average Bonchev–Trinajstić information content (AvgIpc) is 3.02. The molecule has 1 aromatic heterocycles. The molecule has 0 N–H and O–H groups in total. The highest BCUT2D eigenvalue weighted by molar-refractivity contribution is 8.24. The van der Waals surface area contributed by atoms with Gasteiger partial charge in [0.05, 0.1) is 11.8 Å². The van der Waals surface area contributed by atoms with E-state index in [9.17, 15) is 4.79 Å². The molecular formula is C23H18Cl2N2O2S2. The molecule has 1 aliphatic rings. The first kappa shape index (κ1) is 22.1. The van der Waals surface area contributed by atoms with Crippen LogP contribution in [-0.2, 0) is 24.4 Å². The SMILES string of the molecule is O=C1[C@@H](Cc2ccc(OCc3ccc(Cl)cc3Cl)cc2)SC(=S)N1Cc1cccnc1. The second-order valence-corrected chi connectivity index (χ2v) is 9.71. The average molecular weight is 489 g/mol. The van der Waals surface area contributed by atoms with Gasteiger partial charge in [-0.3, -0.25) is 14.7 Å². The van der Waals surface area contributed by atoms with Gasteiger partial charge >= 0.3 is 0 Å². The number of aromatic nitrogens is 1. The van der Waals surface area contributed by atoms with E-state index in [1.807, 2.05) is 42.5 Å². The molecule has 0 unspecified atom stereocenters. The van der Waals surface area contributed by atoms with Gasteiger partial charge in [-0.05, 0) is 47.9 Å². The van der Waals surface area contributed by atoms with Crippen LogP contribution in [0.1, 0.15) is 16.7 Å². The Morgan fingerprint density at radius 3 is 2.61 bits per heavy atom. The van der Waals surface area contributed by atoms with Crippen LogP contribution < -0.4 is 4.74 Å². The van der Waals surface area contributed by atoms with Crippen molar-refractivity contribution in [3.05, 3.63) is 93.7 Å². The van der Waals surface area contributed by atoms with E-state index in [2.05, 4.69) is 4.98 Å². The molecule has 0 bridgehead atoms. The van der Waals surface area contributed by atoms with Crippen LogP contribution >= 0.6 is 47.2 Å². The Kier molecular flexibility index (Phi) is 7.13. The molecule has 1 fully saturated rings. The van der Waals surface area contributed by atoms with Gasteiger partial charge < -0.3 is 4.74 Å². The van der Waals surface area contributed by atoms with Crippen molar-refractivity contribution in [1.29, 1.82) is 0 Å². The monoisotopic (exact) mass is 488 g/mol. The van der Waals surface area contributed by atoms with E-state index in [4.69, 9.17) is 40.2 Å². The second-order valence-electron chi connectivity index (χ2n) is 7.03. The minimum atomic E-state index is -0.219. The number of ether oxygens (including phenoxy) is 1. The van der Waals surface area contributed by atoms with Gasteiger partial charge in [0.2, 0.25) is 5.91 Å². The van der Waals surface area contributed by atoms with Crippen molar-refractivity contribution in [2.45, 2.75) is 24.8 Å². The zero-order valence-corrected chi connectivity index (χ0v) is 19.5. The number of hydrogen-bond donors (Lipinski definition) is 0. The predicted octanol–water partition coefficient (Wildman–Crippen LogP) is 5.94. The quantitative estimate of drug-likeness (QED) is 0.385. The Hall–Kier alpha value is -2.12. The summed E-state index contributed by atoms with van der Waals surface area (Å²) in [5.74, 6) is 0.769. The van der Waals surface area contributed by atoms with E-state index in [1.54, 1.807) is 29.4 Å². The zero-order chi connectivity index (χ0) is 21.8. The number of carbonyl (C=O) groups is 1. The fourth-order valence-electron chi connectivity index (χ4n) is 3.18. The molecule has 31 heavy (non-hydrogen) atoms. The third-order valence-electron chi connectivity index (χ3n) is 4.82. The van der Waals surface area contributed by atoms with Crippen LogP contribution in [0.3, 0.4) is 0 Å². The van der Waals surface area contributed by atoms with Gasteiger partial charge in [-0.2, -0.15) is 0 Å². The summed E-state index contributed by atoms with van der Waals surface area (Å²) in [4.78, 5) is 18.6. The van der Waals surface area contributed by atoms with Gasteiger partial charge in [0.1, 0.15) is 16.7 Å². The number of carbonyl (C=O) groups excluding carboxylic acids is 1. The minimum absolute atomic E-state index is 0.0385. The van der Waals surface area contributed by atoms with Gasteiger partial charge in [-0.1, -0.05) is 71.4 Å². The molecule has 0 saturated carbocycles. The van der Waals surface area contributed by atoms with Crippen molar-refractivity contribution in [2.75, 3.05) is 0 Å². The predicted molar refractivity (Wildman–Crippen MR) is 130 cm³/mol. The molecule has 0 radical (unpaired) electrons. The Bertz CT molecular complexity index is 1090. The topological polar surface area (TPSA) is 42.4 Å². The van der Waals surface area contributed by atoms with Crippen LogP contribution in [0.2, 0.25) is 10.0 Å². The van der Waals surface area contributed by atoms with E-state index in [-0.39, 0.29) is 11.2 Å². The van der Waals surface area contributed by atoms with Crippen LogP contribution in [0.25, 0.3) is 0 Å². The number of pyridine rings is 1. The lowest BCUT2D eigenvalue weighted by molar-refractivity contribution is -0.126. The number of hydrogen-bond acceptors (Lipinski definition) is 5. The molecule has 3 aromatic rings. The highest BCUT2D eigenvalue weighted by atomic mass is 35.5. The van der Waals surface area contributed by atoms with E-state index in [0.29, 0.717) is 33.9 Å². The second kappa shape index (κ2) is 10.0. The third-order valence-corrected chi connectivity index (χ3v) is 6.99. The lowest BCUT2D eigenvalue weighted by Gasteiger charge is -2.15. The summed E-state index contributed by atoms with van der Waals surface area (Å²) in [6.07, 6.45) is 4.07. The van der Waals surface area contributed by atoms with E-state index < -0.39 is 0 Å². The molecule has 0 spiro atoms. The number of amides is 1. The standard InChI is InChI=1S/C23H18Cl2N2O2S2/c24-18-6-5-17(20(25)11-18)14-29-19-7-3-15(4-8-19)10-21-22(28)27(23(30)31-21)13-16-2-1-9-26-12-16/h1-9,11-12,21H,10,13-14H2/t21-/m1/s1. The van der Waals surface area contributed by atoms with E-state index >= 15 is 0 Å². The molecule has 0 aliphatic carbocycles. The van der Waals surface area contributed by atoms with Gasteiger partial charge in [0, 0.05) is 28.0 Å². The first-order valence-electron chi connectivity index (χ1n) is 9.56. The van der Waals surface area contributed by atoms with Crippen molar-refractivity contribution in [3.8, 4) is 5.75 Å². The Balaban J connectivity index is 1.34. The molecule has 2 heterocycles. The summed E-state index contributed by atoms with van der Waals surface area (Å²) in [7, 11) is 0. The zero-order valence-electron chi connectivity index (χ0n) is 16.3. The van der Waals surface area contributed by atoms with E-state index in [1.165, 1.54) is 11.8 Å². The van der Waals surface area contributed by atoms with Crippen molar-refractivity contribution in [1.82, 2.24) is 9.88 Å². The number of rotatable bonds is 7. The van der Waals surface area contributed by atoms with Gasteiger partial charge in [0.25, 0.3) is 0 Å². The molecule has 8 heteroatoms. The first-order valence-corrected chi connectivity index (χ1v) is 11.6. The van der Waals surface area contributed by atoms with Crippen LogP contribution in [0.4, 0.5) is 0 Å². The Morgan fingerprint density at radius 1 is 1.10 bits per heavy atom. The Labute approximate surface area is 200 Å². The van der Waals surface area contributed by atoms with E-state index in [0.717, 1.165) is 22.4 Å². The summed E-state index contributed by atoms with van der Waals surface area (Å²) in [5.41, 5.74) is 2.88. The Morgan fingerprint density at radius 2 is 1.90 bits per heavy atom. The lowest BCUT2D eigenvalue weighted by Crippen LogP contribution is -2.31. The maximum absolute atomic E-state index is 12.9. The number of thiocarbonyl (C=S) groups is 1. The highest BCUT2D eigenvalue weighted by Crippen LogP contribution is 2.31.